The highest BCUT2D eigenvalue weighted by Crippen LogP contribution is 2.11. The van der Waals surface area contributed by atoms with Gasteiger partial charge in [-0.15, -0.1) is 11.3 Å². The summed E-state index contributed by atoms with van der Waals surface area (Å²) in [5, 5.41) is 8.60. The number of rotatable bonds is 5. The van der Waals surface area contributed by atoms with Gasteiger partial charge in [0.25, 0.3) is 5.91 Å². The predicted molar refractivity (Wildman–Crippen MR) is 68.2 cm³/mol. The Bertz CT molecular complexity index is 535. The molecule has 18 heavy (non-hydrogen) atoms. The molecular weight excluding hydrogens is 252 g/mol. The minimum atomic E-state index is -0.267. The fourth-order valence-electron chi connectivity index (χ4n) is 1.46. The third kappa shape index (κ3) is 3.07. The van der Waals surface area contributed by atoms with E-state index in [2.05, 4.69) is 22.4 Å². The van der Waals surface area contributed by atoms with Gasteiger partial charge in [0.05, 0.1) is 12.2 Å². The first-order valence-corrected chi connectivity index (χ1v) is 6.50. The van der Waals surface area contributed by atoms with E-state index < -0.39 is 0 Å². The summed E-state index contributed by atoms with van der Waals surface area (Å²) in [5.74, 6) is 0.367. The molecule has 0 fully saturated rings. The first kappa shape index (κ1) is 12.6. The molecule has 0 aromatic carbocycles. The minimum absolute atomic E-state index is 0.267. The van der Waals surface area contributed by atoms with Crippen molar-refractivity contribution < 1.29 is 9.32 Å². The van der Waals surface area contributed by atoms with E-state index in [0.29, 0.717) is 23.1 Å². The Morgan fingerprint density at radius 2 is 2.44 bits per heavy atom. The second-order valence-electron chi connectivity index (χ2n) is 3.79. The fourth-order valence-corrected chi connectivity index (χ4v) is 2.01. The van der Waals surface area contributed by atoms with Crippen LogP contribution >= 0.6 is 11.3 Å². The summed E-state index contributed by atoms with van der Waals surface area (Å²) in [5.41, 5.74) is 6.69. The number of nitrogens with one attached hydrogen (secondary N) is 1. The van der Waals surface area contributed by atoms with E-state index in [4.69, 9.17) is 10.3 Å². The average Bonchev–Trinajstić information content (AvgIpc) is 2.96. The maximum atomic E-state index is 11.7. The molecule has 0 spiro atoms. The molecule has 0 aliphatic heterocycles. The number of nitrogens with two attached hydrogens (primary N) is 1. The van der Waals surface area contributed by atoms with E-state index in [1.807, 2.05) is 6.07 Å². The lowest BCUT2D eigenvalue weighted by molar-refractivity contribution is 0.0943. The monoisotopic (exact) mass is 266 g/mol. The SMILES string of the molecule is CCCc1cc(CNC(=O)c2csc(N)n2)on1. The number of thiazole rings is 1. The van der Waals surface area contributed by atoms with Crippen molar-refractivity contribution >= 4 is 22.4 Å². The molecule has 6 nitrogen and oxygen atoms in total. The van der Waals surface area contributed by atoms with Crippen molar-refractivity contribution in [3.05, 3.63) is 28.6 Å². The van der Waals surface area contributed by atoms with Crippen LogP contribution in [-0.4, -0.2) is 16.0 Å². The van der Waals surface area contributed by atoms with Crippen molar-refractivity contribution in [2.45, 2.75) is 26.3 Å². The number of aromatic nitrogens is 2. The van der Waals surface area contributed by atoms with Crippen LogP contribution in [0.3, 0.4) is 0 Å². The second-order valence-corrected chi connectivity index (χ2v) is 4.68. The normalized spacial score (nSPS) is 10.5. The Hall–Kier alpha value is -1.89. The highest BCUT2D eigenvalue weighted by molar-refractivity contribution is 7.13. The number of nitrogen functional groups attached to an aromatic ring is 1. The molecule has 2 rings (SSSR count). The van der Waals surface area contributed by atoms with Gasteiger partial charge >= 0.3 is 0 Å². The molecule has 0 bridgehead atoms. The van der Waals surface area contributed by atoms with Crippen LogP contribution in [0.5, 0.6) is 0 Å². The van der Waals surface area contributed by atoms with Gasteiger partial charge in [0.1, 0.15) is 5.69 Å². The number of aryl methyl sites for hydroxylation is 1. The van der Waals surface area contributed by atoms with E-state index in [9.17, 15) is 4.79 Å². The smallest absolute Gasteiger partial charge is 0.271 e. The van der Waals surface area contributed by atoms with Gasteiger partial charge < -0.3 is 15.6 Å². The highest BCUT2D eigenvalue weighted by atomic mass is 32.1. The second kappa shape index (κ2) is 5.63. The number of carbonyl (C=O) groups excluding carboxylic acids is 1. The fraction of sp³-hybridized carbons (Fsp3) is 0.364. The molecule has 0 unspecified atom stereocenters. The first-order valence-electron chi connectivity index (χ1n) is 5.62. The molecule has 2 heterocycles. The van der Waals surface area contributed by atoms with Crippen molar-refractivity contribution in [2.24, 2.45) is 0 Å². The van der Waals surface area contributed by atoms with E-state index >= 15 is 0 Å². The molecule has 0 aliphatic rings. The van der Waals surface area contributed by atoms with Crippen LogP contribution in [0, 0.1) is 0 Å². The van der Waals surface area contributed by atoms with Crippen molar-refractivity contribution in [2.75, 3.05) is 5.73 Å². The zero-order chi connectivity index (χ0) is 13.0. The summed E-state index contributed by atoms with van der Waals surface area (Å²) in [6, 6.07) is 1.85. The number of hydrogen-bond acceptors (Lipinski definition) is 6. The molecule has 0 aliphatic carbocycles. The summed E-state index contributed by atoms with van der Waals surface area (Å²) < 4.78 is 5.10. The zero-order valence-corrected chi connectivity index (χ0v) is 10.8. The molecule has 1 amide bonds. The van der Waals surface area contributed by atoms with Crippen molar-refractivity contribution in [1.82, 2.24) is 15.5 Å². The summed E-state index contributed by atoms with van der Waals surface area (Å²) in [7, 11) is 0. The number of hydrogen-bond donors (Lipinski definition) is 2. The van der Waals surface area contributed by atoms with Gasteiger partial charge in [0.2, 0.25) is 0 Å². The molecular formula is C11H14N4O2S. The molecule has 2 aromatic heterocycles. The summed E-state index contributed by atoms with van der Waals surface area (Å²) >= 11 is 1.24. The van der Waals surface area contributed by atoms with Gasteiger partial charge in [0.15, 0.2) is 10.9 Å². The number of anilines is 1. The Morgan fingerprint density at radius 1 is 1.61 bits per heavy atom. The lowest BCUT2D eigenvalue weighted by atomic mass is 10.2. The van der Waals surface area contributed by atoms with Crippen LogP contribution in [0.15, 0.2) is 16.0 Å². The van der Waals surface area contributed by atoms with Gasteiger partial charge in [-0.2, -0.15) is 0 Å². The number of carbonyl (C=O) groups is 1. The summed E-state index contributed by atoms with van der Waals surface area (Å²) in [4.78, 5) is 15.6. The zero-order valence-electron chi connectivity index (χ0n) is 9.97. The standard InChI is InChI=1S/C11H14N4O2S/c1-2-3-7-4-8(17-15-7)5-13-10(16)9-6-18-11(12)14-9/h4,6H,2-3,5H2,1H3,(H2,12,14)(H,13,16). The van der Waals surface area contributed by atoms with E-state index in [0.717, 1.165) is 18.5 Å². The van der Waals surface area contributed by atoms with Gasteiger partial charge in [-0.25, -0.2) is 4.98 Å². The van der Waals surface area contributed by atoms with Crippen LogP contribution in [0.1, 0.15) is 35.3 Å². The lowest BCUT2D eigenvalue weighted by Crippen LogP contribution is -2.22. The van der Waals surface area contributed by atoms with E-state index in [1.165, 1.54) is 11.3 Å². The van der Waals surface area contributed by atoms with E-state index in [-0.39, 0.29) is 5.91 Å². The maximum Gasteiger partial charge on any atom is 0.271 e. The van der Waals surface area contributed by atoms with Crippen molar-refractivity contribution in [1.29, 1.82) is 0 Å². The van der Waals surface area contributed by atoms with Crippen LogP contribution in [0.25, 0.3) is 0 Å². The van der Waals surface area contributed by atoms with Gasteiger partial charge in [0, 0.05) is 11.4 Å². The molecule has 7 heteroatoms. The average molecular weight is 266 g/mol. The molecule has 0 saturated carbocycles. The maximum absolute atomic E-state index is 11.7. The number of amides is 1. The molecule has 0 atom stereocenters. The first-order chi connectivity index (χ1) is 8.69. The summed E-state index contributed by atoms with van der Waals surface area (Å²) in [6.45, 7) is 2.37. The third-order valence-electron chi connectivity index (χ3n) is 2.29. The Balaban J connectivity index is 1.88. The van der Waals surface area contributed by atoms with Crippen molar-refractivity contribution in [3.63, 3.8) is 0 Å². The van der Waals surface area contributed by atoms with Crippen LogP contribution in [0.4, 0.5) is 5.13 Å². The molecule has 96 valence electrons. The number of nitrogens with zero attached hydrogens (tertiary/aromatic N) is 2. The topological polar surface area (TPSA) is 94.0 Å². The molecule has 3 N–H and O–H groups in total. The summed E-state index contributed by atoms with van der Waals surface area (Å²) in [6.07, 6.45) is 1.89. The van der Waals surface area contributed by atoms with Crippen LogP contribution in [-0.2, 0) is 13.0 Å². The molecule has 0 saturated heterocycles. The third-order valence-corrected chi connectivity index (χ3v) is 2.97. The highest BCUT2D eigenvalue weighted by Gasteiger charge is 2.10. The Labute approximate surface area is 108 Å². The van der Waals surface area contributed by atoms with Gasteiger partial charge in [-0.05, 0) is 6.42 Å². The van der Waals surface area contributed by atoms with Crippen LogP contribution in [0.2, 0.25) is 0 Å². The largest absolute Gasteiger partial charge is 0.375 e. The van der Waals surface area contributed by atoms with Gasteiger partial charge in [-0.3, -0.25) is 4.79 Å². The van der Waals surface area contributed by atoms with Gasteiger partial charge in [-0.1, -0.05) is 18.5 Å². The van der Waals surface area contributed by atoms with Crippen LogP contribution < -0.4 is 11.1 Å². The Morgan fingerprint density at radius 3 is 3.11 bits per heavy atom. The quantitative estimate of drug-likeness (QED) is 0.857. The Kier molecular flexibility index (Phi) is 3.93. The van der Waals surface area contributed by atoms with E-state index in [1.54, 1.807) is 5.38 Å². The predicted octanol–water partition coefficient (Wildman–Crippen LogP) is 1.60. The molecule has 2 aromatic rings. The lowest BCUT2D eigenvalue weighted by Gasteiger charge is -1.98. The molecule has 0 radical (unpaired) electrons. The minimum Gasteiger partial charge on any atom is -0.375 e. The van der Waals surface area contributed by atoms with Crippen molar-refractivity contribution in [3.8, 4) is 0 Å².